The van der Waals surface area contributed by atoms with Gasteiger partial charge in [0.25, 0.3) is 0 Å². The predicted molar refractivity (Wildman–Crippen MR) is 76.4 cm³/mol. The second kappa shape index (κ2) is 7.05. The Kier molecular flexibility index (Phi) is 5.14. The van der Waals surface area contributed by atoms with Gasteiger partial charge in [0.1, 0.15) is 0 Å². The van der Waals surface area contributed by atoms with Crippen LogP contribution in [-0.2, 0) is 9.47 Å². The fourth-order valence-electron chi connectivity index (χ4n) is 3.89. The van der Waals surface area contributed by atoms with Crippen molar-refractivity contribution < 1.29 is 9.47 Å². The van der Waals surface area contributed by atoms with Crippen molar-refractivity contribution in [3.05, 3.63) is 0 Å². The standard InChI is InChI=1S/C16H29NO2/c1-2-6-14(5-1)19-16-8-4-3-7-15(16)17-13-9-11-18-12-10-13/h13-17H,1-12H2/t15-,16-/m0/s1. The van der Waals surface area contributed by atoms with Gasteiger partial charge in [-0.2, -0.15) is 0 Å². The Morgan fingerprint density at radius 3 is 2.26 bits per heavy atom. The lowest BCUT2D eigenvalue weighted by atomic mass is 9.91. The second-order valence-electron chi connectivity index (χ2n) is 6.53. The third kappa shape index (κ3) is 3.93. The second-order valence-corrected chi connectivity index (χ2v) is 6.53. The van der Waals surface area contributed by atoms with E-state index in [1.807, 2.05) is 0 Å². The van der Waals surface area contributed by atoms with Crippen LogP contribution in [0, 0.1) is 0 Å². The molecule has 0 bridgehead atoms. The van der Waals surface area contributed by atoms with Crippen LogP contribution in [0.3, 0.4) is 0 Å². The summed E-state index contributed by atoms with van der Waals surface area (Å²) in [6.07, 6.45) is 14.0. The van der Waals surface area contributed by atoms with Crippen LogP contribution in [-0.4, -0.2) is 37.5 Å². The van der Waals surface area contributed by atoms with Crippen molar-refractivity contribution in [1.82, 2.24) is 5.32 Å². The molecule has 3 rings (SSSR count). The molecule has 0 aromatic rings. The summed E-state index contributed by atoms with van der Waals surface area (Å²) in [6.45, 7) is 1.86. The molecule has 0 aromatic carbocycles. The maximum atomic E-state index is 6.41. The Morgan fingerprint density at radius 2 is 1.47 bits per heavy atom. The minimum Gasteiger partial charge on any atom is -0.381 e. The van der Waals surface area contributed by atoms with Gasteiger partial charge in [-0.3, -0.25) is 0 Å². The fraction of sp³-hybridized carbons (Fsp3) is 1.00. The zero-order valence-electron chi connectivity index (χ0n) is 12.1. The smallest absolute Gasteiger partial charge is 0.0731 e. The lowest BCUT2D eigenvalue weighted by Gasteiger charge is -2.37. The summed E-state index contributed by atoms with van der Waals surface area (Å²) in [5, 5.41) is 3.88. The molecule has 2 saturated carbocycles. The maximum Gasteiger partial charge on any atom is 0.0731 e. The number of nitrogens with one attached hydrogen (secondary N) is 1. The van der Waals surface area contributed by atoms with Crippen molar-refractivity contribution in [2.24, 2.45) is 0 Å². The van der Waals surface area contributed by atoms with Gasteiger partial charge in [0, 0.05) is 25.3 Å². The molecule has 2 aliphatic carbocycles. The Bertz CT molecular complexity index is 259. The quantitative estimate of drug-likeness (QED) is 0.849. The van der Waals surface area contributed by atoms with Crippen molar-refractivity contribution >= 4 is 0 Å². The molecular formula is C16H29NO2. The van der Waals surface area contributed by atoms with Crippen LogP contribution in [0.4, 0.5) is 0 Å². The van der Waals surface area contributed by atoms with Gasteiger partial charge in [0.2, 0.25) is 0 Å². The van der Waals surface area contributed by atoms with E-state index >= 15 is 0 Å². The summed E-state index contributed by atoms with van der Waals surface area (Å²) in [7, 11) is 0. The van der Waals surface area contributed by atoms with Crippen LogP contribution in [0.25, 0.3) is 0 Å². The molecule has 1 heterocycles. The molecule has 0 amide bonds. The molecule has 110 valence electrons. The van der Waals surface area contributed by atoms with Crippen molar-refractivity contribution in [2.45, 2.75) is 88.5 Å². The zero-order chi connectivity index (χ0) is 12.9. The molecule has 1 N–H and O–H groups in total. The highest BCUT2D eigenvalue weighted by Gasteiger charge is 2.31. The Labute approximate surface area is 117 Å². The Morgan fingerprint density at radius 1 is 0.789 bits per heavy atom. The number of hydrogen-bond acceptors (Lipinski definition) is 3. The van der Waals surface area contributed by atoms with E-state index in [1.165, 1.54) is 64.2 Å². The van der Waals surface area contributed by atoms with Gasteiger partial charge < -0.3 is 14.8 Å². The average Bonchev–Trinajstić information content (AvgIpc) is 2.95. The van der Waals surface area contributed by atoms with E-state index in [9.17, 15) is 0 Å². The Balaban J connectivity index is 1.50. The predicted octanol–water partition coefficient (Wildman–Crippen LogP) is 3.03. The summed E-state index contributed by atoms with van der Waals surface area (Å²) < 4.78 is 11.9. The molecule has 2 atom stereocenters. The SMILES string of the molecule is C1CCC(O[C@H]2CCCC[C@@H]2NC2CCOCC2)C1. The van der Waals surface area contributed by atoms with Gasteiger partial charge >= 0.3 is 0 Å². The molecule has 0 aromatic heterocycles. The maximum absolute atomic E-state index is 6.41. The first kappa shape index (κ1) is 13.8. The van der Waals surface area contributed by atoms with E-state index < -0.39 is 0 Å². The lowest BCUT2D eigenvalue weighted by Crippen LogP contribution is -2.50. The Hall–Kier alpha value is -0.120. The normalized spacial score (nSPS) is 34.7. The summed E-state index contributed by atoms with van der Waals surface area (Å²) in [6, 6.07) is 1.25. The summed E-state index contributed by atoms with van der Waals surface area (Å²) in [4.78, 5) is 0. The van der Waals surface area contributed by atoms with E-state index in [0.717, 1.165) is 13.2 Å². The van der Waals surface area contributed by atoms with Crippen LogP contribution in [0.15, 0.2) is 0 Å². The average molecular weight is 267 g/mol. The van der Waals surface area contributed by atoms with E-state index in [0.29, 0.717) is 24.3 Å². The fourth-order valence-corrected chi connectivity index (χ4v) is 3.89. The molecule has 0 spiro atoms. The van der Waals surface area contributed by atoms with Crippen molar-refractivity contribution in [2.75, 3.05) is 13.2 Å². The molecule has 1 aliphatic heterocycles. The lowest BCUT2D eigenvalue weighted by molar-refractivity contribution is -0.0485. The molecule has 1 saturated heterocycles. The molecule has 3 heteroatoms. The van der Waals surface area contributed by atoms with Gasteiger partial charge in [-0.05, 0) is 38.5 Å². The highest BCUT2D eigenvalue weighted by atomic mass is 16.5. The molecule has 3 fully saturated rings. The van der Waals surface area contributed by atoms with Crippen LogP contribution in [0.1, 0.15) is 64.2 Å². The zero-order valence-corrected chi connectivity index (χ0v) is 12.1. The number of rotatable bonds is 4. The van der Waals surface area contributed by atoms with Crippen molar-refractivity contribution in [3.63, 3.8) is 0 Å². The summed E-state index contributed by atoms with van der Waals surface area (Å²) in [5.74, 6) is 0. The monoisotopic (exact) mass is 267 g/mol. The first-order valence-electron chi connectivity index (χ1n) is 8.41. The van der Waals surface area contributed by atoms with E-state index in [-0.39, 0.29) is 0 Å². The molecular weight excluding hydrogens is 238 g/mol. The highest BCUT2D eigenvalue weighted by Crippen LogP contribution is 2.28. The molecule has 0 radical (unpaired) electrons. The highest BCUT2D eigenvalue weighted by molar-refractivity contribution is 4.87. The first-order valence-corrected chi connectivity index (χ1v) is 8.41. The number of hydrogen-bond donors (Lipinski definition) is 1. The van der Waals surface area contributed by atoms with Gasteiger partial charge in [0.15, 0.2) is 0 Å². The van der Waals surface area contributed by atoms with Gasteiger partial charge in [-0.15, -0.1) is 0 Å². The van der Waals surface area contributed by atoms with Crippen LogP contribution < -0.4 is 5.32 Å². The summed E-state index contributed by atoms with van der Waals surface area (Å²) in [5.41, 5.74) is 0. The largest absolute Gasteiger partial charge is 0.381 e. The van der Waals surface area contributed by atoms with Crippen LogP contribution >= 0.6 is 0 Å². The van der Waals surface area contributed by atoms with Crippen LogP contribution in [0.2, 0.25) is 0 Å². The van der Waals surface area contributed by atoms with E-state index in [2.05, 4.69) is 5.32 Å². The number of ether oxygens (including phenoxy) is 2. The van der Waals surface area contributed by atoms with Crippen LogP contribution in [0.5, 0.6) is 0 Å². The van der Waals surface area contributed by atoms with Crippen molar-refractivity contribution in [1.29, 1.82) is 0 Å². The first-order chi connectivity index (χ1) is 9.42. The molecule has 0 unspecified atom stereocenters. The molecule has 19 heavy (non-hydrogen) atoms. The molecule has 3 nitrogen and oxygen atoms in total. The minimum absolute atomic E-state index is 0.472. The van der Waals surface area contributed by atoms with Gasteiger partial charge in [-0.1, -0.05) is 25.7 Å². The molecule has 3 aliphatic rings. The third-order valence-corrected chi connectivity index (χ3v) is 5.04. The van der Waals surface area contributed by atoms with E-state index in [1.54, 1.807) is 0 Å². The van der Waals surface area contributed by atoms with Gasteiger partial charge in [-0.25, -0.2) is 0 Å². The summed E-state index contributed by atoms with van der Waals surface area (Å²) >= 11 is 0. The topological polar surface area (TPSA) is 30.5 Å². The van der Waals surface area contributed by atoms with Crippen molar-refractivity contribution in [3.8, 4) is 0 Å². The van der Waals surface area contributed by atoms with Gasteiger partial charge in [0.05, 0.1) is 12.2 Å². The minimum atomic E-state index is 0.472. The van der Waals surface area contributed by atoms with E-state index in [4.69, 9.17) is 9.47 Å². The third-order valence-electron chi connectivity index (χ3n) is 5.04.